The summed E-state index contributed by atoms with van der Waals surface area (Å²) in [4.78, 5) is 6.64. The van der Waals surface area contributed by atoms with E-state index in [1.165, 1.54) is 25.7 Å². The third-order valence-electron chi connectivity index (χ3n) is 3.67. The van der Waals surface area contributed by atoms with Gasteiger partial charge in [0.2, 0.25) is 0 Å². The minimum atomic E-state index is 0.586. The van der Waals surface area contributed by atoms with Gasteiger partial charge in [-0.1, -0.05) is 12.8 Å². The van der Waals surface area contributed by atoms with Gasteiger partial charge in [0.1, 0.15) is 6.07 Å². The van der Waals surface area contributed by atoms with Crippen molar-refractivity contribution >= 4 is 5.69 Å². The van der Waals surface area contributed by atoms with E-state index in [2.05, 4.69) is 23.0 Å². The summed E-state index contributed by atoms with van der Waals surface area (Å²) < 4.78 is 0. The van der Waals surface area contributed by atoms with Gasteiger partial charge in [-0.3, -0.25) is 4.98 Å². The second-order valence-corrected chi connectivity index (χ2v) is 4.90. The highest BCUT2D eigenvalue weighted by molar-refractivity contribution is 5.61. The Labute approximate surface area is 103 Å². The highest BCUT2D eigenvalue weighted by Crippen LogP contribution is 2.30. The number of rotatable bonds is 2. The smallest absolute Gasteiger partial charge is 0.103 e. The van der Waals surface area contributed by atoms with Crippen LogP contribution in [-0.2, 0) is 0 Å². The van der Waals surface area contributed by atoms with E-state index in [-0.39, 0.29) is 0 Å². The zero-order valence-electron chi connectivity index (χ0n) is 10.8. The Kier molecular flexibility index (Phi) is 3.33. The van der Waals surface area contributed by atoms with Gasteiger partial charge in [0.05, 0.1) is 16.9 Å². The molecule has 0 spiro atoms. The summed E-state index contributed by atoms with van der Waals surface area (Å²) in [7, 11) is 2.10. The highest BCUT2D eigenvalue weighted by atomic mass is 15.1. The number of aryl methyl sites for hydroxylation is 2. The molecule has 1 aromatic rings. The van der Waals surface area contributed by atoms with Crippen molar-refractivity contribution in [3.8, 4) is 6.07 Å². The van der Waals surface area contributed by atoms with Gasteiger partial charge < -0.3 is 4.90 Å². The molecule has 2 rings (SSSR count). The molecule has 90 valence electrons. The Hall–Kier alpha value is -1.56. The quantitative estimate of drug-likeness (QED) is 0.782. The van der Waals surface area contributed by atoms with Crippen LogP contribution in [0.15, 0.2) is 6.07 Å². The van der Waals surface area contributed by atoms with E-state index in [0.717, 1.165) is 22.6 Å². The third-order valence-corrected chi connectivity index (χ3v) is 3.67. The van der Waals surface area contributed by atoms with Crippen molar-refractivity contribution in [3.63, 3.8) is 0 Å². The van der Waals surface area contributed by atoms with Crippen molar-refractivity contribution in [3.05, 3.63) is 23.0 Å². The summed E-state index contributed by atoms with van der Waals surface area (Å²) in [6, 6.07) is 4.91. The molecule has 17 heavy (non-hydrogen) atoms. The van der Waals surface area contributed by atoms with Gasteiger partial charge in [0, 0.05) is 18.8 Å². The van der Waals surface area contributed by atoms with Gasteiger partial charge in [-0.2, -0.15) is 5.26 Å². The minimum absolute atomic E-state index is 0.586. The van der Waals surface area contributed by atoms with E-state index < -0.39 is 0 Å². The molecule has 1 aliphatic rings. The van der Waals surface area contributed by atoms with E-state index >= 15 is 0 Å². The average Bonchev–Trinajstić information content (AvgIpc) is 2.80. The lowest BCUT2D eigenvalue weighted by Crippen LogP contribution is -2.29. The second-order valence-electron chi connectivity index (χ2n) is 4.90. The van der Waals surface area contributed by atoms with Crippen LogP contribution >= 0.6 is 0 Å². The molecular formula is C14H19N3. The number of nitriles is 1. The number of hydrogen-bond acceptors (Lipinski definition) is 3. The van der Waals surface area contributed by atoms with Crippen molar-refractivity contribution < 1.29 is 0 Å². The zero-order valence-corrected chi connectivity index (χ0v) is 10.8. The van der Waals surface area contributed by atoms with Gasteiger partial charge in [-0.15, -0.1) is 0 Å². The first kappa shape index (κ1) is 11.9. The molecule has 0 aliphatic heterocycles. The molecular weight excluding hydrogens is 210 g/mol. The second kappa shape index (κ2) is 4.75. The Morgan fingerprint density at radius 2 is 2.00 bits per heavy atom. The van der Waals surface area contributed by atoms with Crippen LogP contribution in [0, 0.1) is 25.2 Å². The maximum Gasteiger partial charge on any atom is 0.103 e. The summed E-state index contributed by atoms with van der Waals surface area (Å²) in [5, 5.41) is 9.27. The Morgan fingerprint density at radius 3 is 2.59 bits per heavy atom. The molecule has 0 bridgehead atoms. The summed E-state index contributed by atoms with van der Waals surface area (Å²) in [6.07, 6.45) is 5.09. The first-order valence-corrected chi connectivity index (χ1v) is 6.24. The number of pyridine rings is 1. The molecule has 0 saturated heterocycles. The van der Waals surface area contributed by atoms with Gasteiger partial charge in [-0.05, 0) is 32.8 Å². The number of anilines is 1. The molecule has 0 radical (unpaired) electrons. The van der Waals surface area contributed by atoms with E-state index in [1.54, 1.807) is 0 Å². The maximum absolute atomic E-state index is 9.27. The summed E-state index contributed by atoms with van der Waals surface area (Å²) in [5.74, 6) is 0. The monoisotopic (exact) mass is 229 g/mol. The first-order valence-electron chi connectivity index (χ1n) is 6.24. The fourth-order valence-electron chi connectivity index (χ4n) is 2.71. The zero-order chi connectivity index (χ0) is 12.4. The van der Waals surface area contributed by atoms with Gasteiger partial charge in [0.15, 0.2) is 0 Å². The average molecular weight is 229 g/mol. The number of aromatic nitrogens is 1. The topological polar surface area (TPSA) is 39.9 Å². The summed E-state index contributed by atoms with van der Waals surface area (Å²) in [5.41, 5.74) is 3.60. The van der Waals surface area contributed by atoms with Crippen molar-refractivity contribution in [1.29, 1.82) is 5.26 Å². The Bertz CT molecular complexity index is 453. The summed E-state index contributed by atoms with van der Waals surface area (Å²) in [6.45, 7) is 3.90. The van der Waals surface area contributed by atoms with Crippen LogP contribution in [0.2, 0.25) is 0 Å². The molecule has 0 aromatic carbocycles. The van der Waals surface area contributed by atoms with Gasteiger partial charge in [-0.25, -0.2) is 0 Å². The van der Waals surface area contributed by atoms with Crippen LogP contribution in [0.3, 0.4) is 0 Å². The largest absolute Gasteiger partial charge is 0.370 e. The van der Waals surface area contributed by atoms with E-state index in [1.807, 2.05) is 19.9 Å². The molecule has 3 heteroatoms. The molecule has 1 fully saturated rings. The standard InChI is InChI=1S/C14H19N3/c1-10-8-14(13(9-15)11(2)16-10)17(3)12-6-4-5-7-12/h8,12H,4-7H2,1-3H3. The summed E-state index contributed by atoms with van der Waals surface area (Å²) >= 11 is 0. The van der Waals surface area contributed by atoms with E-state index in [4.69, 9.17) is 0 Å². The van der Waals surface area contributed by atoms with Gasteiger partial charge >= 0.3 is 0 Å². The molecule has 0 atom stereocenters. The van der Waals surface area contributed by atoms with Crippen molar-refractivity contribution in [2.75, 3.05) is 11.9 Å². The van der Waals surface area contributed by atoms with E-state index in [0.29, 0.717) is 6.04 Å². The predicted octanol–water partition coefficient (Wildman–Crippen LogP) is 2.95. The van der Waals surface area contributed by atoms with Crippen LogP contribution in [-0.4, -0.2) is 18.1 Å². The molecule has 0 N–H and O–H groups in total. The fourth-order valence-corrected chi connectivity index (χ4v) is 2.71. The van der Waals surface area contributed by atoms with Crippen LogP contribution in [0.5, 0.6) is 0 Å². The molecule has 1 aromatic heterocycles. The Balaban J connectivity index is 2.39. The van der Waals surface area contributed by atoms with Crippen molar-refractivity contribution in [2.24, 2.45) is 0 Å². The molecule has 3 nitrogen and oxygen atoms in total. The first-order chi connectivity index (χ1) is 8.13. The molecule has 1 heterocycles. The molecule has 1 aliphatic carbocycles. The van der Waals surface area contributed by atoms with Crippen molar-refractivity contribution in [1.82, 2.24) is 4.98 Å². The van der Waals surface area contributed by atoms with Crippen LogP contribution in [0.4, 0.5) is 5.69 Å². The maximum atomic E-state index is 9.27. The normalized spacial score (nSPS) is 15.9. The van der Waals surface area contributed by atoms with Crippen LogP contribution in [0.1, 0.15) is 42.6 Å². The van der Waals surface area contributed by atoms with E-state index in [9.17, 15) is 5.26 Å². The molecule has 1 saturated carbocycles. The lowest BCUT2D eigenvalue weighted by atomic mass is 10.1. The predicted molar refractivity (Wildman–Crippen MR) is 69.1 cm³/mol. The molecule has 0 unspecified atom stereocenters. The highest BCUT2D eigenvalue weighted by Gasteiger charge is 2.22. The SMILES string of the molecule is Cc1cc(N(C)C2CCCC2)c(C#N)c(C)n1. The number of hydrogen-bond donors (Lipinski definition) is 0. The van der Waals surface area contributed by atoms with Gasteiger partial charge in [0.25, 0.3) is 0 Å². The minimum Gasteiger partial charge on any atom is -0.370 e. The lowest BCUT2D eigenvalue weighted by molar-refractivity contribution is 0.652. The lowest BCUT2D eigenvalue weighted by Gasteiger charge is -2.28. The van der Waals surface area contributed by atoms with Crippen molar-refractivity contribution in [2.45, 2.75) is 45.6 Å². The van der Waals surface area contributed by atoms with Crippen LogP contribution < -0.4 is 4.90 Å². The third kappa shape index (κ3) is 2.26. The number of nitrogens with zero attached hydrogens (tertiary/aromatic N) is 3. The molecule has 0 amide bonds. The van der Waals surface area contributed by atoms with Crippen LogP contribution in [0.25, 0.3) is 0 Å². The Morgan fingerprint density at radius 1 is 1.35 bits per heavy atom. The fraction of sp³-hybridized carbons (Fsp3) is 0.571.